The average molecular weight is 562 g/mol. The number of guanidine groups is 1. The Kier molecular flexibility index (Phi) is 8.29. The van der Waals surface area contributed by atoms with Gasteiger partial charge in [-0.25, -0.2) is 9.98 Å². The third kappa shape index (κ3) is 5.97. The fourth-order valence-corrected chi connectivity index (χ4v) is 4.26. The van der Waals surface area contributed by atoms with Crippen molar-refractivity contribution in [1.29, 1.82) is 0 Å². The number of nitrogens with one attached hydrogen (secondary N) is 2. The summed E-state index contributed by atoms with van der Waals surface area (Å²) in [5, 5.41) is 8.71. The summed E-state index contributed by atoms with van der Waals surface area (Å²) < 4.78 is 32.1. The number of thiazole rings is 1. The lowest BCUT2D eigenvalue weighted by atomic mass is 10.2. The molecule has 1 fully saturated rings. The SMILES string of the molecule is CCNC(=NCc1cn2ccsc2n1)NC1CCN(c2ccccc2OC(F)F)C1.I. The molecule has 11 heteroatoms. The Balaban J connectivity index is 0.00000272. The molecule has 168 valence electrons. The molecule has 1 saturated heterocycles. The lowest BCUT2D eigenvalue weighted by molar-refractivity contribution is -0.0495. The first-order chi connectivity index (χ1) is 14.6. The Hall–Kier alpha value is -2.15. The van der Waals surface area contributed by atoms with Crippen LogP contribution in [-0.2, 0) is 6.54 Å². The zero-order valence-corrected chi connectivity index (χ0v) is 20.1. The fourth-order valence-electron chi connectivity index (χ4n) is 3.54. The van der Waals surface area contributed by atoms with Crippen LogP contribution < -0.4 is 20.3 Å². The van der Waals surface area contributed by atoms with Gasteiger partial charge in [-0.05, 0) is 25.5 Å². The summed E-state index contributed by atoms with van der Waals surface area (Å²) in [6, 6.07) is 7.05. The second-order valence-corrected chi connectivity index (χ2v) is 7.82. The molecule has 0 aliphatic carbocycles. The van der Waals surface area contributed by atoms with Gasteiger partial charge in [0.2, 0.25) is 0 Å². The van der Waals surface area contributed by atoms with Gasteiger partial charge in [-0.15, -0.1) is 35.3 Å². The van der Waals surface area contributed by atoms with Gasteiger partial charge in [0, 0.05) is 43.4 Å². The molecule has 31 heavy (non-hydrogen) atoms. The van der Waals surface area contributed by atoms with Crippen LogP contribution in [0, 0.1) is 0 Å². The van der Waals surface area contributed by atoms with Crippen LogP contribution in [0.3, 0.4) is 0 Å². The second-order valence-electron chi connectivity index (χ2n) is 6.94. The number of ether oxygens (including phenoxy) is 1. The molecule has 3 aromatic rings. The summed E-state index contributed by atoms with van der Waals surface area (Å²) in [6.07, 6.45) is 4.83. The zero-order chi connectivity index (χ0) is 20.9. The highest BCUT2D eigenvalue weighted by atomic mass is 127. The summed E-state index contributed by atoms with van der Waals surface area (Å²) in [5.41, 5.74) is 1.59. The van der Waals surface area contributed by atoms with E-state index in [0.29, 0.717) is 18.8 Å². The van der Waals surface area contributed by atoms with E-state index in [4.69, 9.17) is 0 Å². The monoisotopic (exact) mass is 562 g/mol. The molecule has 0 bridgehead atoms. The van der Waals surface area contributed by atoms with Crippen LogP contribution in [0.15, 0.2) is 47.0 Å². The number of para-hydroxylation sites is 2. The number of aromatic nitrogens is 2. The van der Waals surface area contributed by atoms with Crippen molar-refractivity contribution in [2.24, 2.45) is 4.99 Å². The van der Waals surface area contributed by atoms with Gasteiger partial charge in [0.05, 0.1) is 17.9 Å². The minimum Gasteiger partial charge on any atom is -0.433 e. The Morgan fingerprint density at radius 1 is 1.39 bits per heavy atom. The van der Waals surface area contributed by atoms with E-state index in [2.05, 4.69) is 30.2 Å². The van der Waals surface area contributed by atoms with Gasteiger partial charge in [-0.1, -0.05) is 12.1 Å². The number of nitrogens with zero attached hydrogens (tertiary/aromatic N) is 4. The van der Waals surface area contributed by atoms with Gasteiger partial charge in [-0.3, -0.25) is 4.40 Å². The molecule has 4 rings (SSSR count). The topological polar surface area (TPSA) is 66.2 Å². The smallest absolute Gasteiger partial charge is 0.387 e. The van der Waals surface area contributed by atoms with Crippen molar-refractivity contribution in [3.8, 4) is 5.75 Å². The molecule has 1 aliphatic rings. The minimum absolute atomic E-state index is 0. The number of alkyl halides is 2. The van der Waals surface area contributed by atoms with E-state index in [1.54, 1.807) is 23.5 Å². The van der Waals surface area contributed by atoms with E-state index in [1.807, 2.05) is 41.2 Å². The zero-order valence-electron chi connectivity index (χ0n) is 17.0. The lowest BCUT2D eigenvalue weighted by Gasteiger charge is -2.22. The van der Waals surface area contributed by atoms with Crippen molar-refractivity contribution >= 4 is 51.9 Å². The predicted octanol–water partition coefficient (Wildman–Crippen LogP) is 3.95. The summed E-state index contributed by atoms with van der Waals surface area (Å²) in [5.74, 6) is 0.922. The van der Waals surface area contributed by atoms with Gasteiger partial charge < -0.3 is 20.3 Å². The molecule has 2 aromatic heterocycles. The van der Waals surface area contributed by atoms with Gasteiger partial charge >= 0.3 is 6.61 Å². The summed E-state index contributed by atoms with van der Waals surface area (Å²) in [6.45, 7) is 1.82. The third-order valence-corrected chi connectivity index (χ3v) is 5.61. The van der Waals surface area contributed by atoms with Crippen LogP contribution in [0.4, 0.5) is 14.5 Å². The van der Waals surface area contributed by atoms with E-state index in [0.717, 1.165) is 36.1 Å². The molecule has 1 aromatic carbocycles. The van der Waals surface area contributed by atoms with E-state index in [-0.39, 0.29) is 35.8 Å². The molecule has 0 spiro atoms. The van der Waals surface area contributed by atoms with Crippen molar-refractivity contribution in [3.63, 3.8) is 0 Å². The molecule has 0 saturated carbocycles. The molecule has 1 aliphatic heterocycles. The van der Waals surface area contributed by atoms with Crippen LogP contribution in [0.2, 0.25) is 0 Å². The van der Waals surface area contributed by atoms with E-state index < -0.39 is 6.61 Å². The molecule has 0 radical (unpaired) electrons. The Morgan fingerprint density at radius 3 is 3.00 bits per heavy atom. The molecular weight excluding hydrogens is 537 g/mol. The first-order valence-electron chi connectivity index (χ1n) is 9.87. The van der Waals surface area contributed by atoms with Gasteiger partial charge in [0.15, 0.2) is 10.9 Å². The highest BCUT2D eigenvalue weighted by molar-refractivity contribution is 14.0. The Labute approximate surface area is 200 Å². The van der Waals surface area contributed by atoms with Crippen LogP contribution in [0.5, 0.6) is 5.75 Å². The van der Waals surface area contributed by atoms with Gasteiger partial charge in [0.25, 0.3) is 0 Å². The largest absolute Gasteiger partial charge is 0.433 e. The number of hydrogen-bond acceptors (Lipinski definition) is 5. The van der Waals surface area contributed by atoms with Crippen molar-refractivity contribution in [1.82, 2.24) is 20.0 Å². The minimum atomic E-state index is -2.84. The maximum absolute atomic E-state index is 12.7. The summed E-state index contributed by atoms with van der Waals surface area (Å²) in [4.78, 5) is 12.2. The second kappa shape index (κ2) is 10.9. The average Bonchev–Trinajstić information content (AvgIpc) is 3.42. The Bertz CT molecular complexity index is 982. The highest BCUT2D eigenvalue weighted by Gasteiger charge is 2.26. The van der Waals surface area contributed by atoms with Crippen molar-refractivity contribution in [2.75, 3.05) is 24.5 Å². The number of anilines is 1. The fraction of sp³-hybridized carbons (Fsp3) is 0.400. The number of fused-ring (bicyclic) bond motifs is 1. The van der Waals surface area contributed by atoms with E-state index in [9.17, 15) is 8.78 Å². The van der Waals surface area contributed by atoms with Crippen molar-refractivity contribution in [3.05, 3.63) is 47.7 Å². The third-order valence-electron chi connectivity index (χ3n) is 4.84. The number of aliphatic imine (C=N–C) groups is 1. The quantitative estimate of drug-likeness (QED) is 0.260. The molecule has 1 atom stereocenters. The van der Waals surface area contributed by atoms with Crippen LogP contribution >= 0.6 is 35.3 Å². The number of benzene rings is 1. The molecule has 2 N–H and O–H groups in total. The lowest BCUT2D eigenvalue weighted by Crippen LogP contribution is -2.44. The Morgan fingerprint density at radius 2 is 2.23 bits per heavy atom. The summed E-state index contributed by atoms with van der Waals surface area (Å²) >= 11 is 1.59. The molecule has 3 heterocycles. The predicted molar refractivity (Wildman–Crippen MR) is 130 cm³/mol. The number of halogens is 3. The number of rotatable bonds is 7. The number of imidazole rings is 1. The standard InChI is InChI=1S/C20H24F2N6OS.HI/c1-2-23-19(24-11-15-13-28-9-10-30-20(28)26-15)25-14-7-8-27(12-14)16-5-3-4-6-17(16)29-18(21)22;/h3-6,9-10,13-14,18H,2,7-8,11-12H2,1H3,(H2,23,24,25);1H. The van der Waals surface area contributed by atoms with E-state index >= 15 is 0 Å². The molecule has 7 nitrogen and oxygen atoms in total. The number of hydrogen-bond donors (Lipinski definition) is 2. The van der Waals surface area contributed by atoms with E-state index in [1.165, 1.54) is 0 Å². The van der Waals surface area contributed by atoms with Crippen LogP contribution in [0.1, 0.15) is 19.0 Å². The molecule has 1 unspecified atom stereocenters. The summed E-state index contributed by atoms with van der Waals surface area (Å²) in [7, 11) is 0. The van der Waals surface area contributed by atoms with Gasteiger partial charge in [0.1, 0.15) is 5.75 Å². The van der Waals surface area contributed by atoms with Crippen molar-refractivity contribution < 1.29 is 13.5 Å². The van der Waals surface area contributed by atoms with Gasteiger partial charge in [-0.2, -0.15) is 8.78 Å². The maximum Gasteiger partial charge on any atom is 0.387 e. The normalized spacial score (nSPS) is 16.6. The van der Waals surface area contributed by atoms with Crippen LogP contribution in [0.25, 0.3) is 4.96 Å². The first kappa shape index (κ1) is 23.5. The van der Waals surface area contributed by atoms with Crippen LogP contribution in [-0.4, -0.2) is 47.6 Å². The maximum atomic E-state index is 12.7. The molecular formula is C20H25F2IN6OS. The first-order valence-corrected chi connectivity index (χ1v) is 10.7. The molecule has 0 amide bonds. The van der Waals surface area contributed by atoms with Crippen molar-refractivity contribution in [2.45, 2.75) is 32.5 Å². The highest BCUT2D eigenvalue weighted by Crippen LogP contribution is 2.31.